The van der Waals surface area contributed by atoms with Gasteiger partial charge in [-0.05, 0) is 32.3 Å². The smallest absolute Gasteiger partial charge is 0.170 e. The Morgan fingerprint density at radius 2 is 2.00 bits per heavy atom. The fraction of sp³-hybridized carbons (Fsp3) is 0.462. The van der Waals surface area contributed by atoms with Gasteiger partial charge in [0.25, 0.3) is 0 Å². The van der Waals surface area contributed by atoms with Crippen LogP contribution >= 0.6 is 0 Å². The van der Waals surface area contributed by atoms with E-state index in [1.54, 1.807) is 0 Å². The fourth-order valence-electron chi connectivity index (χ4n) is 2.45. The van der Waals surface area contributed by atoms with Gasteiger partial charge in [-0.1, -0.05) is 5.16 Å². The van der Waals surface area contributed by atoms with Gasteiger partial charge in [0.1, 0.15) is 5.82 Å². The summed E-state index contributed by atoms with van der Waals surface area (Å²) >= 11 is 0. The molecule has 1 aromatic heterocycles. The molecule has 0 bridgehead atoms. The monoisotopic (exact) mass is 234 g/mol. The Morgan fingerprint density at radius 1 is 1.24 bits per heavy atom. The molecule has 1 aromatic carbocycles. The quantitative estimate of drug-likeness (QED) is 0.758. The highest BCUT2D eigenvalue weighted by Crippen LogP contribution is 2.29. The van der Waals surface area contributed by atoms with Crippen molar-refractivity contribution in [2.75, 3.05) is 18.0 Å². The molecule has 0 amide bonds. The summed E-state index contributed by atoms with van der Waals surface area (Å²) in [4.78, 5) is 2.12. The molecule has 0 aliphatic carbocycles. The summed E-state index contributed by atoms with van der Waals surface area (Å²) in [5.74, 6) is -0.212. The van der Waals surface area contributed by atoms with E-state index in [1.165, 1.54) is 12.5 Å². The summed E-state index contributed by atoms with van der Waals surface area (Å²) in [6.45, 7) is 3.75. The Labute approximate surface area is 99.2 Å². The highest BCUT2D eigenvalue weighted by atomic mass is 19.1. The molecule has 0 unspecified atom stereocenters. The van der Waals surface area contributed by atoms with Gasteiger partial charge in [0.05, 0.1) is 11.4 Å². The van der Waals surface area contributed by atoms with Gasteiger partial charge in [0, 0.05) is 24.5 Å². The summed E-state index contributed by atoms with van der Waals surface area (Å²) in [5, 5.41) is 4.77. The molecule has 0 saturated carbocycles. The third-order valence-corrected chi connectivity index (χ3v) is 3.42. The van der Waals surface area contributed by atoms with Crippen molar-refractivity contribution in [3.05, 3.63) is 23.6 Å². The number of halogens is 1. The largest absolute Gasteiger partial charge is 0.369 e. The van der Waals surface area contributed by atoms with E-state index < -0.39 is 0 Å². The highest BCUT2D eigenvalue weighted by Gasteiger charge is 2.17. The van der Waals surface area contributed by atoms with Crippen LogP contribution in [0.25, 0.3) is 11.0 Å². The van der Waals surface area contributed by atoms with Crippen molar-refractivity contribution in [2.24, 2.45) is 0 Å². The van der Waals surface area contributed by atoms with E-state index >= 15 is 0 Å². The second-order valence-electron chi connectivity index (χ2n) is 4.62. The topological polar surface area (TPSA) is 29.3 Å². The van der Waals surface area contributed by atoms with Crippen molar-refractivity contribution >= 4 is 16.7 Å². The lowest BCUT2D eigenvalue weighted by Gasteiger charge is -2.29. The van der Waals surface area contributed by atoms with E-state index in [9.17, 15) is 4.39 Å². The molecule has 90 valence electrons. The second-order valence-corrected chi connectivity index (χ2v) is 4.62. The Morgan fingerprint density at radius 3 is 2.76 bits per heavy atom. The van der Waals surface area contributed by atoms with Crippen LogP contribution in [0, 0.1) is 12.7 Å². The second kappa shape index (κ2) is 4.02. The van der Waals surface area contributed by atoms with E-state index in [0.717, 1.165) is 37.0 Å². The van der Waals surface area contributed by atoms with Crippen LogP contribution in [0.2, 0.25) is 0 Å². The maximum absolute atomic E-state index is 14.0. The SMILES string of the molecule is Cc1noc2cc(F)c(N3CCCCC3)cc12. The Bertz CT molecular complexity index is 544. The first-order chi connectivity index (χ1) is 8.25. The minimum atomic E-state index is -0.212. The molecule has 3 rings (SSSR count). The number of aromatic nitrogens is 1. The molecule has 1 aliphatic heterocycles. The number of hydrogen-bond acceptors (Lipinski definition) is 3. The number of anilines is 1. The number of piperidine rings is 1. The lowest BCUT2D eigenvalue weighted by atomic mass is 10.1. The number of aryl methyl sites for hydroxylation is 1. The Hall–Kier alpha value is -1.58. The maximum Gasteiger partial charge on any atom is 0.170 e. The standard InChI is InChI=1S/C13H15FN2O/c1-9-10-7-12(16-5-3-2-4-6-16)11(14)8-13(10)17-15-9/h7-8H,2-6H2,1H3. The van der Waals surface area contributed by atoms with Gasteiger partial charge in [-0.3, -0.25) is 0 Å². The zero-order valence-electron chi connectivity index (χ0n) is 9.87. The molecule has 0 atom stereocenters. The molecule has 2 heterocycles. The average Bonchev–Trinajstić information content (AvgIpc) is 2.70. The van der Waals surface area contributed by atoms with Crippen molar-refractivity contribution in [1.82, 2.24) is 5.16 Å². The van der Waals surface area contributed by atoms with Gasteiger partial charge < -0.3 is 9.42 Å². The highest BCUT2D eigenvalue weighted by molar-refractivity contribution is 5.83. The van der Waals surface area contributed by atoms with E-state index in [2.05, 4.69) is 10.1 Å². The maximum atomic E-state index is 14.0. The predicted octanol–water partition coefficient (Wildman–Crippen LogP) is 3.27. The van der Waals surface area contributed by atoms with Gasteiger partial charge in [0.2, 0.25) is 0 Å². The average molecular weight is 234 g/mol. The van der Waals surface area contributed by atoms with E-state index in [-0.39, 0.29) is 5.82 Å². The molecule has 3 nitrogen and oxygen atoms in total. The third-order valence-electron chi connectivity index (χ3n) is 3.42. The summed E-state index contributed by atoms with van der Waals surface area (Å²) < 4.78 is 19.0. The van der Waals surface area contributed by atoms with E-state index in [4.69, 9.17) is 4.52 Å². The van der Waals surface area contributed by atoms with Crippen LogP contribution in [0.3, 0.4) is 0 Å². The molecule has 17 heavy (non-hydrogen) atoms. The molecule has 1 aliphatic rings. The van der Waals surface area contributed by atoms with Crippen molar-refractivity contribution < 1.29 is 8.91 Å². The van der Waals surface area contributed by atoms with Gasteiger partial charge in [-0.25, -0.2) is 4.39 Å². The fourth-order valence-corrected chi connectivity index (χ4v) is 2.45. The molecule has 1 fully saturated rings. The van der Waals surface area contributed by atoms with Crippen LogP contribution in [0.1, 0.15) is 25.0 Å². The van der Waals surface area contributed by atoms with Crippen molar-refractivity contribution in [3.8, 4) is 0 Å². The summed E-state index contributed by atoms with van der Waals surface area (Å²) in [7, 11) is 0. The lowest BCUT2D eigenvalue weighted by Crippen LogP contribution is -2.30. The molecular formula is C13H15FN2O. The van der Waals surface area contributed by atoms with Crippen LogP contribution in [0.4, 0.5) is 10.1 Å². The molecule has 0 spiro atoms. The van der Waals surface area contributed by atoms with Crippen LogP contribution in [0.5, 0.6) is 0 Å². The van der Waals surface area contributed by atoms with Crippen LogP contribution < -0.4 is 4.90 Å². The Kier molecular flexibility index (Phi) is 2.50. The van der Waals surface area contributed by atoms with E-state index in [1.807, 2.05) is 13.0 Å². The molecule has 2 aromatic rings. The van der Waals surface area contributed by atoms with Crippen molar-refractivity contribution in [3.63, 3.8) is 0 Å². The van der Waals surface area contributed by atoms with Crippen LogP contribution in [0.15, 0.2) is 16.7 Å². The summed E-state index contributed by atoms with van der Waals surface area (Å²) in [5.41, 5.74) is 2.03. The zero-order valence-corrected chi connectivity index (χ0v) is 9.87. The number of fused-ring (bicyclic) bond motifs is 1. The van der Waals surface area contributed by atoms with Gasteiger partial charge in [-0.15, -0.1) is 0 Å². The molecule has 1 saturated heterocycles. The number of benzene rings is 1. The zero-order chi connectivity index (χ0) is 11.8. The molecule has 4 heteroatoms. The molecule has 0 radical (unpaired) electrons. The summed E-state index contributed by atoms with van der Waals surface area (Å²) in [6.07, 6.45) is 3.52. The number of nitrogens with zero attached hydrogens (tertiary/aromatic N) is 2. The van der Waals surface area contributed by atoms with Crippen molar-refractivity contribution in [1.29, 1.82) is 0 Å². The van der Waals surface area contributed by atoms with Crippen LogP contribution in [-0.2, 0) is 0 Å². The minimum absolute atomic E-state index is 0.212. The van der Waals surface area contributed by atoms with Crippen molar-refractivity contribution in [2.45, 2.75) is 26.2 Å². The molecule has 0 N–H and O–H groups in total. The number of rotatable bonds is 1. The lowest BCUT2D eigenvalue weighted by molar-refractivity contribution is 0.448. The summed E-state index contributed by atoms with van der Waals surface area (Å²) in [6, 6.07) is 3.31. The first-order valence-electron chi connectivity index (χ1n) is 6.06. The molecular weight excluding hydrogens is 219 g/mol. The first kappa shape index (κ1) is 10.6. The minimum Gasteiger partial charge on any atom is -0.369 e. The first-order valence-corrected chi connectivity index (χ1v) is 6.06. The third kappa shape index (κ3) is 1.77. The van der Waals surface area contributed by atoms with E-state index in [0.29, 0.717) is 11.3 Å². The predicted molar refractivity (Wildman–Crippen MR) is 64.8 cm³/mol. The normalized spacial score (nSPS) is 16.7. The number of hydrogen-bond donors (Lipinski definition) is 0. The van der Waals surface area contributed by atoms with Gasteiger partial charge in [0.15, 0.2) is 5.58 Å². The van der Waals surface area contributed by atoms with Crippen LogP contribution in [-0.4, -0.2) is 18.2 Å². The van der Waals surface area contributed by atoms with Gasteiger partial charge in [-0.2, -0.15) is 0 Å². The Balaban J connectivity index is 2.07. The van der Waals surface area contributed by atoms with Gasteiger partial charge >= 0.3 is 0 Å².